The van der Waals surface area contributed by atoms with Crippen molar-refractivity contribution in [3.8, 4) is 0 Å². The second-order valence-corrected chi connectivity index (χ2v) is 4.59. The van der Waals surface area contributed by atoms with Gasteiger partial charge in [-0.25, -0.2) is 4.98 Å². The highest BCUT2D eigenvalue weighted by atomic mass is 32.1. The van der Waals surface area contributed by atoms with Crippen LogP contribution < -0.4 is 5.32 Å². The summed E-state index contributed by atoms with van der Waals surface area (Å²) in [6, 6.07) is 0.296. The molecule has 0 unspecified atom stereocenters. The van der Waals surface area contributed by atoms with Crippen molar-refractivity contribution in [2.24, 2.45) is 0 Å². The third-order valence-corrected chi connectivity index (χ3v) is 3.28. The quantitative estimate of drug-likeness (QED) is 0.781. The molecule has 15 heavy (non-hydrogen) atoms. The van der Waals surface area contributed by atoms with E-state index in [1.165, 1.54) is 16.9 Å². The number of carbonyl (C=O) groups excluding carboxylic acids is 1. The van der Waals surface area contributed by atoms with Crippen LogP contribution in [-0.4, -0.2) is 16.9 Å². The zero-order valence-electron chi connectivity index (χ0n) is 8.53. The molecular formula is C11H14N2OS. The Bertz CT molecular complexity index is 349. The number of rotatable bonds is 2. The van der Waals surface area contributed by atoms with Gasteiger partial charge in [-0.1, -0.05) is 12.2 Å². The third kappa shape index (κ3) is 2.65. The molecule has 1 heterocycles. The number of carbonyl (C=O) groups is 1. The molecule has 1 aromatic rings. The Kier molecular flexibility index (Phi) is 3.16. The number of hydrogen-bond donors (Lipinski definition) is 1. The van der Waals surface area contributed by atoms with Crippen LogP contribution in [0.5, 0.6) is 0 Å². The van der Waals surface area contributed by atoms with Crippen molar-refractivity contribution in [2.75, 3.05) is 0 Å². The molecule has 3 nitrogen and oxygen atoms in total. The van der Waals surface area contributed by atoms with Crippen LogP contribution in [0.25, 0.3) is 0 Å². The van der Waals surface area contributed by atoms with Crippen LogP contribution in [0.15, 0.2) is 23.0 Å². The van der Waals surface area contributed by atoms with Crippen molar-refractivity contribution >= 4 is 17.2 Å². The maximum Gasteiger partial charge on any atom is 0.270 e. The Morgan fingerprint density at radius 2 is 2.27 bits per heavy atom. The van der Waals surface area contributed by atoms with Gasteiger partial charge in [0.15, 0.2) is 0 Å². The summed E-state index contributed by atoms with van der Waals surface area (Å²) in [5, 5.41) is 4.78. The average molecular weight is 222 g/mol. The Balaban J connectivity index is 1.87. The normalized spacial score (nSPS) is 17.7. The summed E-state index contributed by atoms with van der Waals surface area (Å²) in [4.78, 5) is 15.7. The van der Waals surface area contributed by atoms with Gasteiger partial charge in [-0.3, -0.25) is 4.79 Å². The largest absolute Gasteiger partial charge is 0.348 e. The molecule has 1 fully saturated rings. The molecule has 2 rings (SSSR count). The molecule has 0 aliphatic heterocycles. The minimum Gasteiger partial charge on any atom is -0.348 e. The Morgan fingerprint density at radius 1 is 1.53 bits per heavy atom. The minimum atomic E-state index is -0.0474. The molecule has 1 amide bonds. The zero-order chi connectivity index (χ0) is 10.7. The standard InChI is InChI=1S/C11H14N2OS/c1-8-2-4-9(5-3-8)13-11(14)10-6-15-7-12-10/h6-7,9H,1-5H2,(H,13,14). The molecular weight excluding hydrogens is 208 g/mol. The van der Waals surface area contributed by atoms with Crippen molar-refractivity contribution in [3.63, 3.8) is 0 Å². The number of nitrogens with one attached hydrogen (secondary N) is 1. The van der Waals surface area contributed by atoms with Crippen molar-refractivity contribution in [2.45, 2.75) is 31.7 Å². The van der Waals surface area contributed by atoms with Crippen molar-refractivity contribution in [1.29, 1.82) is 0 Å². The van der Waals surface area contributed by atoms with Crippen LogP contribution in [0, 0.1) is 0 Å². The first-order valence-corrected chi connectivity index (χ1v) is 6.05. The van der Waals surface area contributed by atoms with Crippen LogP contribution in [0.3, 0.4) is 0 Å². The first kappa shape index (κ1) is 10.4. The van der Waals surface area contributed by atoms with Crippen molar-refractivity contribution in [3.05, 3.63) is 28.7 Å². The van der Waals surface area contributed by atoms with Crippen LogP contribution in [0.4, 0.5) is 0 Å². The van der Waals surface area contributed by atoms with Gasteiger partial charge in [-0.05, 0) is 25.7 Å². The summed E-state index contributed by atoms with van der Waals surface area (Å²) >= 11 is 1.44. The monoisotopic (exact) mass is 222 g/mol. The topological polar surface area (TPSA) is 42.0 Å². The smallest absolute Gasteiger partial charge is 0.270 e. The van der Waals surface area contributed by atoms with E-state index in [0.717, 1.165) is 25.7 Å². The van der Waals surface area contributed by atoms with Crippen LogP contribution in [0.2, 0.25) is 0 Å². The van der Waals surface area contributed by atoms with E-state index in [2.05, 4.69) is 16.9 Å². The molecule has 0 saturated heterocycles. The van der Waals surface area contributed by atoms with E-state index in [9.17, 15) is 4.79 Å². The fourth-order valence-corrected chi connectivity index (χ4v) is 2.29. The maximum absolute atomic E-state index is 11.7. The lowest BCUT2D eigenvalue weighted by Crippen LogP contribution is -2.36. The van der Waals surface area contributed by atoms with E-state index in [4.69, 9.17) is 0 Å². The van der Waals surface area contributed by atoms with E-state index in [0.29, 0.717) is 11.7 Å². The lowest BCUT2D eigenvalue weighted by atomic mass is 9.92. The van der Waals surface area contributed by atoms with E-state index in [1.54, 1.807) is 10.9 Å². The van der Waals surface area contributed by atoms with Gasteiger partial charge in [0.25, 0.3) is 5.91 Å². The highest BCUT2D eigenvalue weighted by molar-refractivity contribution is 7.07. The van der Waals surface area contributed by atoms with E-state index in [-0.39, 0.29) is 5.91 Å². The van der Waals surface area contributed by atoms with Gasteiger partial charge >= 0.3 is 0 Å². The van der Waals surface area contributed by atoms with E-state index >= 15 is 0 Å². The van der Waals surface area contributed by atoms with Crippen molar-refractivity contribution < 1.29 is 4.79 Å². The summed E-state index contributed by atoms with van der Waals surface area (Å²) in [7, 11) is 0. The maximum atomic E-state index is 11.7. The summed E-state index contributed by atoms with van der Waals surface area (Å²) in [6.45, 7) is 3.95. The summed E-state index contributed by atoms with van der Waals surface area (Å²) in [5.41, 5.74) is 3.51. The number of allylic oxidation sites excluding steroid dienone is 1. The minimum absolute atomic E-state index is 0.0474. The van der Waals surface area contributed by atoms with Gasteiger partial charge in [-0.2, -0.15) is 0 Å². The number of amides is 1. The van der Waals surface area contributed by atoms with Crippen molar-refractivity contribution in [1.82, 2.24) is 10.3 Å². The number of aromatic nitrogens is 1. The molecule has 1 aromatic heterocycles. The Hall–Kier alpha value is -1.16. The molecule has 80 valence electrons. The summed E-state index contributed by atoms with van der Waals surface area (Å²) in [5.74, 6) is -0.0474. The predicted octanol–water partition coefficient (Wildman–Crippen LogP) is 2.37. The second-order valence-electron chi connectivity index (χ2n) is 3.87. The van der Waals surface area contributed by atoms with Gasteiger partial charge < -0.3 is 5.32 Å². The first-order valence-electron chi connectivity index (χ1n) is 5.11. The fourth-order valence-electron chi connectivity index (χ4n) is 1.75. The molecule has 0 radical (unpaired) electrons. The Labute approximate surface area is 93.2 Å². The lowest BCUT2D eigenvalue weighted by molar-refractivity contribution is 0.0926. The van der Waals surface area contributed by atoms with Gasteiger partial charge in [0.1, 0.15) is 5.69 Å². The van der Waals surface area contributed by atoms with Crippen LogP contribution >= 0.6 is 11.3 Å². The van der Waals surface area contributed by atoms with Crippen LogP contribution in [-0.2, 0) is 0 Å². The van der Waals surface area contributed by atoms with E-state index in [1.807, 2.05) is 0 Å². The molecule has 0 aromatic carbocycles. The molecule has 1 aliphatic carbocycles. The van der Waals surface area contributed by atoms with Gasteiger partial charge in [-0.15, -0.1) is 11.3 Å². The Morgan fingerprint density at radius 3 is 2.87 bits per heavy atom. The molecule has 1 aliphatic rings. The van der Waals surface area contributed by atoms with E-state index < -0.39 is 0 Å². The first-order chi connectivity index (χ1) is 7.25. The highest BCUT2D eigenvalue weighted by Crippen LogP contribution is 2.21. The lowest BCUT2D eigenvalue weighted by Gasteiger charge is -2.23. The summed E-state index contributed by atoms with van der Waals surface area (Å²) < 4.78 is 0. The molecule has 0 atom stereocenters. The molecule has 4 heteroatoms. The molecule has 1 N–H and O–H groups in total. The van der Waals surface area contributed by atoms with Crippen LogP contribution in [0.1, 0.15) is 36.2 Å². The SMILES string of the molecule is C=C1CCC(NC(=O)c2cscn2)CC1. The number of thiazole rings is 1. The third-order valence-electron chi connectivity index (χ3n) is 2.69. The highest BCUT2D eigenvalue weighted by Gasteiger charge is 2.18. The van der Waals surface area contributed by atoms with Gasteiger partial charge in [0.2, 0.25) is 0 Å². The summed E-state index contributed by atoms with van der Waals surface area (Å²) in [6.07, 6.45) is 4.08. The second kappa shape index (κ2) is 4.57. The predicted molar refractivity (Wildman–Crippen MR) is 61.0 cm³/mol. The molecule has 0 bridgehead atoms. The fraction of sp³-hybridized carbons (Fsp3) is 0.455. The zero-order valence-corrected chi connectivity index (χ0v) is 9.35. The number of nitrogens with zero attached hydrogens (tertiary/aromatic N) is 1. The number of hydrogen-bond acceptors (Lipinski definition) is 3. The molecule has 1 saturated carbocycles. The molecule has 0 spiro atoms. The van der Waals surface area contributed by atoms with Gasteiger partial charge in [0.05, 0.1) is 5.51 Å². The average Bonchev–Trinajstić information content (AvgIpc) is 2.74. The van der Waals surface area contributed by atoms with Gasteiger partial charge in [0, 0.05) is 11.4 Å².